The second-order valence-electron chi connectivity index (χ2n) is 6.66. The second-order valence-corrected chi connectivity index (χ2v) is 6.66. The van der Waals surface area contributed by atoms with Crippen molar-refractivity contribution in [1.29, 1.82) is 0 Å². The largest absolute Gasteiger partial charge is 0.313 e. The van der Waals surface area contributed by atoms with E-state index in [1.807, 2.05) is 0 Å². The van der Waals surface area contributed by atoms with Crippen LogP contribution in [-0.4, -0.2) is 36.1 Å². The lowest BCUT2D eigenvalue weighted by Gasteiger charge is -2.33. The average Bonchev–Trinajstić information content (AvgIpc) is 3.09. The minimum Gasteiger partial charge on any atom is -0.313 e. The van der Waals surface area contributed by atoms with Crippen LogP contribution < -0.4 is 5.32 Å². The summed E-state index contributed by atoms with van der Waals surface area (Å²) in [6, 6.07) is 2.26. The van der Waals surface area contributed by atoms with Gasteiger partial charge in [0.05, 0.1) is 0 Å². The third kappa shape index (κ3) is 6.19. The van der Waals surface area contributed by atoms with E-state index in [1.165, 1.54) is 45.2 Å². The minimum absolute atomic E-state index is 0.607. The molecule has 2 heteroatoms. The molecule has 1 atom stereocenters. The van der Waals surface area contributed by atoms with E-state index >= 15 is 0 Å². The summed E-state index contributed by atoms with van der Waals surface area (Å²) in [6.45, 7) is 14.0. The Morgan fingerprint density at radius 2 is 1.78 bits per heavy atom. The second kappa shape index (κ2) is 8.16. The Bertz CT molecular complexity index is 209. The van der Waals surface area contributed by atoms with Gasteiger partial charge in [-0.25, -0.2) is 0 Å². The van der Waals surface area contributed by atoms with Gasteiger partial charge in [0.2, 0.25) is 0 Å². The number of nitrogens with one attached hydrogen (secondary N) is 1. The van der Waals surface area contributed by atoms with Crippen molar-refractivity contribution in [2.75, 3.05) is 13.1 Å². The van der Waals surface area contributed by atoms with Gasteiger partial charge in [-0.05, 0) is 38.1 Å². The maximum Gasteiger partial charge on any atom is 0.0223 e. The van der Waals surface area contributed by atoms with Crippen LogP contribution in [0.4, 0.5) is 0 Å². The van der Waals surface area contributed by atoms with Gasteiger partial charge >= 0.3 is 0 Å². The average molecular weight is 254 g/mol. The van der Waals surface area contributed by atoms with E-state index in [1.54, 1.807) is 0 Å². The van der Waals surface area contributed by atoms with Crippen molar-refractivity contribution in [3.63, 3.8) is 0 Å². The van der Waals surface area contributed by atoms with Gasteiger partial charge in [-0.1, -0.05) is 41.0 Å². The van der Waals surface area contributed by atoms with Crippen molar-refractivity contribution in [2.24, 2.45) is 5.92 Å². The zero-order chi connectivity index (χ0) is 13.5. The predicted molar refractivity (Wildman–Crippen MR) is 81.0 cm³/mol. The lowest BCUT2D eigenvalue weighted by atomic mass is 10.1. The molecule has 1 N–H and O–H groups in total. The highest BCUT2D eigenvalue weighted by Gasteiger charge is 2.33. The van der Waals surface area contributed by atoms with Gasteiger partial charge in [0.15, 0.2) is 0 Å². The van der Waals surface area contributed by atoms with Crippen LogP contribution in [-0.2, 0) is 0 Å². The summed E-state index contributed by atoms with van der Waals surface area (Å²) >= 11 is 0. The van der Waals surface area contributed by atoms with Crippen molar-refractivity contribution in [3.05, 3.63) is 0 Å². The van der Waals surface area contributed by atoms with Crippen molar-refractivity contribution in [3.8, 4) is 0 Å². The Hall–Kier alpha value is -0.0800. The molecule has 1 fully saturated rings. The Morgan fingerprint density at radius 1 is 1.11 bits per heavy atom. The molecular weight excluding hydrogens is 220 g/mol. The van der Waals surface area contributed by atoms with E-state index in [-0.39, 0.29) is 0 Å². The van der Waals surface area contributed by atoms with Crippen molar-refractivity contribution >= 4 is 0 Å². The highest BCUT2D eigenvalue weighted by molar-refractivity contribution is 4.89. The zero-order valence-corrected chi connectivity index (χ0v) is 13.2. The first-order valence-corrected chi connectivity index (χ1v) is 8.03. The van der Waals surface area contributed by atoms with Crippen LogP contribution in [0, 0.1) is 5.92 Å². The van der Waals surface area contributed by atoms with E-state index in [0.717, 1.165) is 18.0 Å². The molecule has 0 bridgehead atoms. The molecule has 2 nitrogen and oxygen atoms in total. The lowest BCUT2D eigenvalue weighted by Crippen LogP contribution is -2.45. The fraction of sp³-hybridized carbons (Fsp3) is 1.00. The van der Waals surface area contributed by atoms with E-state index < -0.39 is 0 Å². The molecule has 18 heavy (non-hydrogen) atoms. The molecule has 1 unspecified atom stereocenters. The van der Waals surface area contributed by atoms with Gasteiger partial charge in [0.25, 0.3) is 0 Å². The number of nitrogens with zero attached hydrogens (tertiary/aromatic N) is 1. The van der Waals surface area contributed by atoms with E-state index in [4.69, 9.17) is 0 Å². The minimum atomic E-state index is 0.607. The Kier molecular flexibility index (Phi) is 7.25. The van der Waals surface area contributed by atoms with Crippen LogP contribution in [0.2, 0.25) is 0 Å². The smallest absolute Gasteiger partial charge is 0.0223 e. The van der Waals surface area contributed by atoms with Crippen LogP contribution in [0.15, 0.2) is 0 Å². The van der Waals surface area contributed by atoms with Crippen LogP contribution in [0.3, 0.4) is 0 Å². The fourth-order valence-electron chi connectivity index (χ4n) is 2.57. The molecule has 108 valence electrons. The van der Waals surface area contributed by atoms with Crippen molar-refractivity contribution in [1.82, 2.24) is 10.2 Å². The number of hydrogen-bond donors (Lipinski definition) is 1. The van der Waals surface area contributed by atoms with Crippen LogP contribution in [0.1, 0.15) is 66.7 Å². The first kappa shape index (κ1) is 16.0. The van der Waals surface area contributed by atoms with Gasteiger partial charge < -0.3 is 5.32 Å². The third-order valence-corrected chi connectivity index (χ3v) is 3.83. The van der Waals surface area contributed by atoms with E-state index in [2.05, 4.69) is 44.8 Å². The summed E-state index contributed by atoms with van der Waals surface area (Å²) in [5.41, 5.74) is 0. The molecule has 0 aliphatic heterocycles. The summed E-state index contributed by atoms with van der Waals surface area (Å²) in [5, 5.41) is 3.64. The molecule has 1 aliphatic rings. The Balaban J connectivity index is 2.47. The van der Waals surface area contributed by atoms with Gasteiger partial charge in [0, 0.05) is 24.7 Å². The van der Waals surface area contributed by atoms with Crippen molar-refractivity contribution in [2.45, 2.75) is 84.8 Å². The quantitative estimate of drug-likeness (QED) is 0.640. The molecule has 0 heterocycles. The summed E-state index contributed by atoms with van der Waals surface area (Å²) in [5.74, 6) is 0.826. The maximum absolute atomic E-state index is 3.64. The van der Waals surface area contributed by atoms with Gasteiger partial charge in [0.1, 0.15) is 0 Å². The normalized spacial score (nSPS) is 18.0. The first-order chi connectivity index (χ1) is 8.54. The summed E-state index contributed by atoms with van der Waals surface area (Å²) in [4.78, 5) is 2.80. The van der Waals surface area contributed by atoms with Crippen LogP contribution in [0.5, 0.6) is 0 Å². The molecule has 1 aliphatic carbocycles. The Labute approximate surface area is 115 Å². The highest BCUT2D eigenvalue weighted by atomic mass is 15.2. The predicted octanol–water partition coefficient (Wildman–Crippen LogP) is 3.66. The first-order valence-electron chi connectivity index (χ1n) is 8.03. The summed E-state index contributed by atoms with van der Waals surface area (Å²) < 4.78 is 0. The van der Waals surface area contributed by atoms with Gasteiger partial charge in [-0.15, -0.1) is 0 Å². The molecule has 1 saturated carbocycles. The highest BCUT2D eigenvalue weighted by Crippen LogP contribution is 2.30. The molecule has 0 aromatic rings. The molecule has 0 spiro atoms. The standard InChI is InChI=1S/C16H34N2/c1-6-7-16(12-17-14(4)5)18(15-8-9-15)11-10-13(2)3/h13-17H,6-12H2,1-5H3. The summed E-state index contributed by atoms with van der Waals surface area (Å²) in [7, 11) is 0. The number of hydrogen-bond acceptors (Lipinski definition) is 2. The van der Waals surface area contributed by atoms with E-state index in [0.29, 0.717) is 6.04 Å². The Morgan fingerprint density at radius 3 is 2.22 bits per heavy atom. The SMILES string of the molecule is CCCC(CNC(C)C)N(CCC(C)C)C1CC1. The van der Waals surface area contributed by atoms with Gasteiger partial charge in [-0.3, -0.25) is 4.90 Å². The van der Waals surface area contributed by atoms with Crippen LogP contribution in [0.25, 0.3) is 0 Å². The molecule has 0 radical (unpaired) electrons. The molecule has 0 aromatic carbocycles. The fourth-order valence-corrected chi connectivity index (χ4v) is 2.57. The lowest BCUT2D eigenvalue weighted by molar-refractivity contribution is 0.161. The zero-order valence-electron chi connectivity index (χ0n) is 13.2. The van der Waals surface area contributed by atoms with Crippen LogP contribution >= 0.6 is 0 Å². The summed E-state index contributed by atoms with van der Waals surface area (Å²) in [6.07, 6.45) is 6.85. The van der Waals surface area contributed by atoms with E-state index in [9.17, 15) is 0 Å². The maximum atomic E-state index is 3.64. The topological polar surface area (TPSA) is 15.3 Å². The monoisotopic (exact) mass is 254 g/mol. The van der Waals surface area contributed by atoms with Gasteiger partial charge in [-0.2, -0.15) is 0 Å². The molecule has 0 aromatic heterocycles. The molecule has 1 rings (SSSR count). The number of rotatable bonds is 10. The third-order valence-electron chi connectivity index (χ3n) is 3.83. The van der Waals surface area contributed by atoms with Crippen molar-refractivity contribution < 1.29 is 0 Å². The molecule has 0 amide bonds. The molecule has 0 saturated heterocycles. The molecular formula is C16H34N2.